The number of nitrogens with zero attached hydrogens (tertiary/aromatic N) is 2. The van der Waals surface area contributed by atoms with Crippen molar-refractivity contribution in [2.45, 2.75) is 0 Å². The molecule has 140 valence electrons. The Morgan fingerprint density at radius 1 is 0.741 bits per heavy atom. The van der Waals surface area contributed by atoms with E-state index in [1.807, 2.05) is 0 Å². The van der Waals surface area contributed by atoms with Gasteiger partial charge in [-0.15, -0.1) is 10.2 Å². The molecule has 2 aromatic carbocycles. The van der Waals surface area contributed by atoms with Crippen LogP contribution in [0.2, 0.25) is 0 Å². The number of aromatic hydroxyl groups is 2. The highest BCUT2D eigenvalue weighted by molar-refractivity contribution is 7.71. The third-order valence-corrected chi connectivity index (χ3v) is 3.41. The third-order valence-electron chi connectivity index (χ3n) is 3.06. The molecule has 0 spiro atoms. The summed E-state index contributed by atoms with van der Waals surface area (Å²) in [6.07, 6.45) is 0. The van der Waals surface area contributed by atoms with Gasteiger partial charge in [-0.25, -0.2) is 10.2 Å². The first-order valence-corrected chi connectivity index (χ1v) is 8.03. The van der Waals surface area contributed by atoms with Gasteiger partial charge < -0.3 is 24.5 Å². The number of benzene rings is 2. The van der Waals surface area contributed by atoms with Crippen molar-refractivity contribution >= 4 is 24.4 Å². The number of phenolic OH excluding ortho intramolecular Hbond substituents is 2. The van der Waals surface area contributed by atoms with Gasteiger partial charge in [0.2, 0.25) is 11.8 Å². The smallest absolute Gasteiger partial charge is 0.284 e. The van der Waals surface area contributed by atoms with Gasteiger partial charge in [-0.1, -0.05) is 12.1 Å². The number of nitrogens with one attached hydrogen (secondary N) is 2. The van der Waals surface area contributed by atoms with Crippen molar-refractivity contribution in [1.29, 1.82) is 0 Å². The molecule has 0 fully saturated rings. The maximum absolute atomic E-state index is 9.18. The summed E-state index contributed by atoms with van der Waals surface area (Å²) >= 11 is 9.44. The number of hydrogen-bond acceptors (Lipinski definition) is 8. The predicted octanol–water partition coefficient (Wildman–Crippen LogP) is 3.38. The standard InChI is InChI=1S/2C8H6N2O2S.H2O/c2*11-6-3-1-2-5(4-6)7-9-10-8(13)12-7;/h2*1-4,11H,(H,10,13);1H2. The first kappa shape index (κ1) is 20.0. The molecule has 27 heavy (non-hydrogen) atoms. The van der Waals surface area contributed by atoms with Crippen molar-refractivity contribution in [3.8, 4) is 34.4 Å². The van der Waals surface area contributed by atoms with Gasteiger partial charge in [0.25, 0.3) is 9.67 Å². The van der Waals surface area contributed by atoms with Crippen LogP contribution in [0.25, 0.3) is 22.9 Å². The molecule has 0 amide bonds. The highest BCUT2D eigenvalue weighted by Crippen LogP contribution is 2.21. The van der Waals surface area contributed by atoms with Gasteiger partial charge in [0.05, 0.1) is 0 Å². The van der Waals surface area contributed by atoms with Crippen LogP contribution in [0, 0.1) is 9.67 Å². The summed E-state index contributed by atoms with van der Waals surface area (Å²) in [4.78, 5) is 0.441. The summed E-state index contributed by atoms with van der Waals surface area (Å²) in [6, 6.07) is 13.2. The molecule has 0 saturated heterocycles. The van der Waals surface area contributed by atoms with Crippen molar-refractivity contribution in [2.24, 2.45) is 0 Å². The molecule has 6 N–H and O–H groups in total. The molecule has 11 heteroatoms. The number of phenols is 2. The van der Waals surface area contributed by atoms with Crippen LogP contribution in [0.4, 0.5) is 0 Å². The van der Waals surface area contributed by atoms with Crippen LogP contribution in [-0.2, 0) is 0 Å². The fourth-order valence-electron chi connectivity index (χ4n) is 1.98. The van der Waals surface area contributed by atoms with Crippen LogP contribution in [0.1, 0.15) is 0 Å². The molecule has 0 aliphatic rings. The van der Waals surface area contributed by atoms with Crippen molar-refractivity contribution in [1.82, 2.24) is 20.4 Å². The maximum Gasteiger partial charge on any atom is 0.284 e. The summed E-state index contributed by atoms with van der Waals surface area (Å²) < 4.78 is 10.1. The number of aromatic nitrogens is 4. The molecule has 0 atom stereocenters. The number of rotatable bonds is 2. The lowest BCUT2D eigenvalue weighted by molar-refractivity contribution is 0.474. The van der Waals surface area contributed by atoms with Gasteiger partial charge in [-0.3, -0.25) is 0 Å². The van der Waals surface area contributed by atoms with E-state index in [1.54, 1.807) is 48.5 Å². The van der Waals surface area contributed by atoms with Gasteiger partial charge in [0.1, 0.15) is 11.5 Å². The maximum atomic E-state index is 9.18. The van der Waals surface area contributed by atoms with Gasteiger partial charge in [0, 0.05) is 11.1 Å². The van der Waals surface area contributed by atoms with Gasteiger partial charge in [0.15, 0.2) is 0 Å². The molecule has 0 bridgehead atoms. The minimum atomic E-state index is 0. The first-order chi connectivity index (χ1) is 12.5. The predicted molar refractivity (Wildman–Crippen MR) is 101 cm³/mol. The Balaban J connectivity index is 0.000000187. The van der Waals surface area contributed by atoms with Crippen molar-refractivity contribution < 1.29 is 24.5 Å². The van der Waals surface area contributed by atoms with E-state index in [-0.39, 0.29) is 26.6 Å². The molecular formula is C16H14N4O5S2. The highest BCUT2D eigenvalue weighted by atomic mass is 32.1. The quantitative estimate of drug-likeness (QED) is 0.369. The van der Waals surface area contributed by atoms with Gasteiger partial charge >= 0.3 is 0 Å². The number of aromatic amines is 2. The van der Waals surface area contributed by atoms with Crippen LogP contribution in [0.3, 0.4) is 0 Å². The minimum absolute atomic E-state index is 0. The Hall–Kier alpha value is -3.28. The molecule has 2 aromatic heterocycles. The Kier molecular flexibility index (Phi) is 6.60. The second-order valence-electron chi connectivity index (χ2n) is 4.94. The Morgan fingerprint density at radius 3 is 1.44 bits per heavy atom. The Labute approximate surface area is 162 Å². The van der Waals surface area contributed by atoms with Crippen molar-refractivity contribution in [3.05, 3.63) is 58.2 Å². The van der Waals surface area contributed by atoms with Crippen LogP contribution >= 0.6 is 24.4 Å². The molecule has 4 rings (SSSR count). The van der Waals surface area contributed by atoms with E-state index in [1.165, 1.54) is 0 Å². The molecule has 0 aliphatic carbocycles. The molecule has 0 aliphatic heterocycles. The zero-order valence-corrected chi connectivity index (χ0v) is 15.2. The molecule has 4 aromatic rings. The largest absolute Gasteiger partial charge is 0.508 e. The second-order valence-corrected chi connectivity index (χ2v) is 5.68. The van der Waals surface area contributed by atoms with Crippen LogP contribution < -0.4 is 0 Å². The van der Waals surface area contributed by atoms with E-state index in [4.69, 9.17) is 33.3 Å². The fraction of sp³-hybridized carbons (Fsp3) is 0. The topological polar surface area (TPSA) is 156 Å². The lowest BCUT2D eigenvalue weighted by Crippen LogP contribution is -1.76. The van der Waals surface area contributed by atoms with Crippen LogP contribution in [0.15, 0.2) is 57.4 Å². The summed E-state index contributed by atoms with van der Waals surface area (Å²) in [5, 5.41) is 31.0. The van der Waals surface area contributed by atoms with Gasteiger partial charge in [-0.2, -0.15) is 0 Å². The molecule has 9 nitrogen and oxygen atoms in total. The summed E-state index contributed by atoms with van der Waals surface area (Å²) in [5.41, 5.74) is 1.37. The van der Waals surface area contributed by atoms with Crippen LogP contribution in [0.5, 0.6) is 11.5 Å². The van der Waals surface area contributed by atoms with E-state index >= 15 is 0 Å². The van der Waals surface area contributed by atoms with E-state index in [0.717, 1.165) is 0 Å². The Bertz CT molecular complexity index is 1040. The normalized spacial score (nSPS) is 9.78. The lowest BCUT2D eigenvalue weighted by Gasteiger charge is -1.94. The Morgan fingerprint density at radius 2 is 1.15 bits per heavy atom. The van der Waals surface area contributed by atoms with Gasteiger partial charge in [-0.05, 0) is 60.8 Å². The van der Waals surface area contributed by atoms with E-state index in [9.17, 15) is 10.2 Å². The highest BCUT2D eigenvalue weighted by Gasteiger charge is 2.04. The average Bonchev–Trinajstić information content (AvgIpc) is 3.24. The summed E-state index contributed by atoms with van der Waals surface area (Å²) in [6.45, 7) is 0. The SMILES string of the molecule is O.Oc1cccc(-c2n[nH]c(=S)o2)c1.Oc1cccc(-c2n[nH]c(=S)o2)c1. The fourth-order valence-corrected chi connectivity index (χ4v) is 2.23. The van der Waals surface area contributed by atoms with Crippen LogP contribution in [-0.4, -0.2) is 36.1 Å². The zero-order valence-electron chi connectivity index (χ0n) is 13.5. The molecule has 0 saturated carbocycles. The lowest BCUT2D eigenvalue weighted by atomic mass is 10.2. The third kappa shape index (κ3) is 5.34. The minimum Gasteiger partial charge on any atom is -0.508 e. The summed E-state index contributed by atoms with van der Waals surface area (Å²) in [7, 11) is 0. The van der Waals surface area contributed by atoms with E-state index < -0.39 is 0 Å². The first-order valence-electron chi connectivity index (χ1n) is 7.21. The molecular weight excluding hydrogens is 392 g/mol. The number of hydrogen-bond donors (Lipinski definition) is 4. The molecule has 0 radical (unpaired) electrons. The summed E-state index contributed by atoms with van der Waals surface area (Å²) in [5.74, 6) is 1.09. The molecule has 2 heterocycles. The zero-order chi connectivity index (χ0) is 18.5. The average molecular weight is 406 g/mol. The second kappa shape index (κ2) is 8.89. The van der Waals surface area contributed by atoms with Crippen molar-refractivity contribution in [3.63, 3.8) is 0 Å². The monoisotopic (exact) mass is 406 g/mol. The molecule has 0 unspecified atom stereocenters. The van der Waals surface area contributed by atoms with Crippen molar-refractivity contribution in [2.75, 3.05) is 0 Å². The van der Waals surface area contributed by atoms with E-state index in [2.05, 4.69) is 20.4 Å². The number of H-pyrrole nitrogens is 2. The van der Waals surface area contributed by atoms with E-state index in [0.29, 0.717) is 22.9 Å².